The summed E-state index contributed by atoms with van der Waals surface area (Å²) in [4.78, 5) is 12.2. The monoisotopic (exact) mass is 448 g/mol. The van der Waals surface area contributed by atoms with Gasteiger partial charge in [-0.25, -0.2) is 17.5 Å². The molecule has 3 rings (SSSR count). The molecule has 7 nitrogen and oxygen atoms in total. The molecule has 158 valence electrons. The number of nitrogens with two attached hydrogens (primary N) is 1. The molecule has 0 saturated carbocycles. The number of halogens is 1. The zero-order valence-electron chi connectivity index (χ0n) is 16.6. The molecule has 0 aliphatic heterocycles. The Labute approximate surface area is 178 Å². The molecule has 3 N–H and O–H groups in total. The maximum Gasteiger partial charge on any atom is 0.246 e. The first-order chi connectivity index (χ1) is 14.1. The lowest BCUT2D eigenvalue weighted by Crippen LogP contribution is -2.21. The van der Waals surface area contributed by atoms with Crippen molar-refractivity contribution < 1.29 is 17.6 Å². The Bertz CT molecular complexity index is 1210. The second-order valence-electron chi connectivity index (χ2n) is 6.63. The first kappa shape index (κ1) is 21.8. The third kappa shape index (κ3) is 4.19. The predicted molar refractivity (Wildman–Crippen MR) is 115 cm³/mol. The molecule has 2 aromatic carbocycles. The number of amides is 1. The van der Waals surface area contributed by atoms with Crippen LogP contribution in [-0.4, -0.2) is 30.4 Å². The fourth-order valence-corrected chi connectivity index (χ4v) is 5.32. The van der Waals surface area contributed by atoms with Gasteiger partial charge in [-0.2, -0.15) is 5.10 Å². The summed E-state index contributed by atoms with van der Waals surface area (Å²) in [5.74, 6) is -1.10. The van der Waals surface area contributed by atoms with Crippen LogP contribution in [0.5, 0.6) is 0 Å². The summed E-state index contributed by atoms with van der Waals surface area (Å²) in [6, 6.07) is 10.0. The van der Waals surface area contributed by atoms with Crippen LogP contribution in [0.2, 0.25) is 0 Å². The minimum Gasteiger partial charge on any atom is -0.383 e. The van der Waals surface area contributed by atoms with Crippen molar-refractivity contribution in [1.29, 1.82) is 0 Å². The van der Waals surface area contributed by atoms with Crippen molar-refractivity contribution >= 4 is 39.0 Å². The van der Waals surface area contributed by atoms with Gasteiger partial charge in [-0.3, -0.25) is 4.79 Å². The summed E-state index contributed by atoms with van der Waals surface area (Å²) in [6.07, 6.45) is 1.66. The number of hydrogen-bond donors (Lipinski definition) is 2. The van der Waals surface area contributed by atoms with E-state index in [1.54, 1.807) is 12.3 Å². The Balaban J connectivity index is 1.93. The van der Waals surface area contributed by atoms with Crippen LogP contribution in [0, 0.1) is 19.7 Å². The molecule has 3 aromatic rings. The van der Waals surface area contributed by atoms with Gasteiger partial charge in [0.05, 0.1) is 4.90 Å². The summed E-state index contributed by atoms with van der Waals surface area (Å²) in [5, 5.41) is 7.16. The molecule has 0 fully saturated rings. The van der Waals surface area contributed by atoms with Gasteiger partial charge in [0, 0.05) is 5.69 Å². The molecular formula is C20H21FN4O3S2. The van der Waals surface area contributed by atoms with Gasteiger partial charge < -0.3 is 11.1 Å². The number of nitrogens with zero attached hydrogens (tertiary/aromatic N) is 2. The highest BCUT2D eigenvalue weighted by atomic mass is 32.2. The van der Waals surface area contributed by atoms with Crippen molar-refractivity contribution in [3.8, 4) is 0 Å². The summed E-state index contributed by atoms with van der Waals surface area (Å²) >= 11 is 1.09. The molecule has 0 saturated heterocycles. The van der Waals surface area contributed by atoms with Crippen molar-refractivity contribution in [3.05, 3.63) is 59.4 Å². The fourth-order valence-electron chi connectivity index (χ4n) is 2.89. The third-order valence-electron chi connectivity index (χ3n) is 4.67. The average Bonchev–Trinajstić information content (AvgIpc) is 3.02. The summed E-state index contributed by atoms with van der Waals surface area (Å²) < 4.78 is 40.4. The highest BCUT2D eigenvalue weighted by Crippen LogP contribution is 2.34. The van der Waals surface area contributed by atoms with Crippen LogP contribution in [0.1, 0.15) is 11.1 Å². The molecule has 1 heterocycles. The van der Waals surface area contributed by atoms with Crippen LogP contribution in [0.25, 0.3) is 0 Å². The van der Waals surface area contributed by atoms with Crippen LogP contribution in [0.3, 0.4) is 0 Å². The number of anilines is 2. The lowest BCUT2D eigenvalue weighted by molar-refractivity contribution is -0.116. The maximum atomic E-state index is 13.2. The van der Waals surface area contributed by atoms with Crippen molar-refractivity contribution in [3.63, 3.8) is 0 Å². The van der Waals surface area contributed by atoms with E-state index < -0.39 is 21.6 Å². The minimum absolute atomic E-state index is 0.106. The van der Waals surface area contributed by atoms with Crippen LogP contribution in [0.15, 0.2) is 57.3 Å². The van der Waals surface area contributed by atoms with Gasteiger partial charge in [0.1, 0.15) is 28.1 Å². The number of sulfone groups is 1. The smallest absolute Gasteiger partial charge is 0.246 e. The zero-order chi connectivity index (χ0) is 22.1. The number of rotatable bonds is 6. The molecule has 1 amide bonds. The first-order valence-electron chi connectivity index (χ1n) is 8.92. The van der Waals surface area contributed by atoms with Crippen LogP contribution in [-0.2, 0) is 21.2 Å². The Kier molecular flexibility index (Phi) is 6.18. The molecule has 30 heavy (non-hydrogen) atoms. The molecule has 0 radical (unpaired) electrons. The van der Waals surface area contributed by atoms with E-state index in [1.165, 1.54) is 12.1 Å². The quantitative estimate of drug-likeness (QED) is 0.442. The Hall–Kier alpha value is -2.85. The number of hydrogen-bond acceptors (Lipinski definition) is 6. The lowest BCUT2D eigenvalue weighted by Gasteiger charge is -2.11. The minimum atomic E-state index is -4.04. The zero-order valence-corrected chi connectivity index (χ0v) is 18.3. The van der Waals surface area contributed by atoms with E-state index in [1.807, 2.05) is 26.0 Å². The molecule has 0 spiro atoms. The largest absolute Gasteiger partial charge is 0.383 e. The van der Waals surface area contributed by atoms with E-state index in [0.29, 0.717) is 5.69 Å². The lowest BCUT2D eigenvalue weighted by atomic mass is 10.1. The number of benzene rings is 2. The summed E-state index contributed by atoms with van der Waals surface area (Å²) in [6.45, 7) is 3.58. The molecule has 0 aliphatic carbocycles. The number of nitrogen functional groups attached to an aromatic ring is 1. The van der Waals surface area contributed by atoms with Gasteiger partial charge in [-0.05, 0) is 61.6 Å². The van der Waals surface area contributed by atoms with Crippen molar-refractivity contribution in [1.82, 2.24) is 9.78 Å². The first-order valence-corrected chi connectivity index (χ1v) is 11.6. The molecule has 1 aromatic heterocycles. The maximum absolute atomic E-state index is 13.2. The molecular weight excluding hydrogens is 427 g/mol. The van der Waals surface area contributed by atoms with E-state index >= 15 is 0 Å². The molecule has 0 atom stereocenters. The molecule has 0 aliphatic rings. The van der Waals surface area contributed by atoms with Crippen LogP contribution >= 0.6 is 11.8 Å². The van der Waals surface area contributed by atoms with Gasteiger partial charge in [0.2, 0.25) is 15.7 Å². The van der Waals surface area contributed by atoms with E-state index in [4.69, 9.17) is 5.73 Å². The van der Waals surface area contributed by atoms with Crippen LogP contribution in [0.4, 0.5) is 15.9 Å². The Morgan fingerprint density at radius 3 is 2.50 bits per heavy atom. The topological polar surface area (TPSA) is 107 Å². The van der Waals surface area contributed by atoms with Gasteiger partial charge in [0.15, 0.2) is 0 Å². The Morgan fingerprint density at radius 1 is 1.20 bits per heavy atom. The molecule has 0 unspecified atom stereocenters. The second-order valence-corrected chi connectivity index (χ2v) is 9.32. The molecule has 10 heteroatoms. The number of carbonyl (C=O) groups is 1. The summed E-state index contributed by atoms with van der Waals surface area (Å²) in [7, 11) is -4.04. The van der Waals surface area contributed by atoms with Gasteiger partial charge in [-0.15, -0.1) is 11.8 Å². The van der Waals surface area contributed by atoms with Crippen molar-refractivity contribution in [2.24, 2.45) is 0 Å². The second kappa shape index (κ2) is 8.49. The number of aryl methyl sites for hydroxylation is 1. The van der Waals surface area contributed by atoms with Gasteiger partial charge in [-0.1, -0.05) is 12.1 Å². The van der Waals surface area contributed by atoms with E-state index in [2.05, 4.69) is 10.4 Å². The highest BCUT2D eigenvalue weighted by molar-refractivity contribution is 7.99. The predicted octanol–water partition coefficient (Wildman–Crippen LogP) is 3.41. The number of carbonyl (C=O) groups excluding carboxylic acids is 1. The third-order valence-corrected chi connectivity index (χ3v) is 7.31. The number of nitrogens with one attached hydrogen (secondary N) is 1. The SMILES string of the molecule is CSc1nn(CC(=O)Nc2cccc(C)c2C)c(N)c1S(=O)(=O)c1ccc(F)cc1. The van der Waals surface area contributed by atoms with Crippen LogP contribution < -0.4 is 11.1 Å². The Morgan fingerprint density at radius 2 is 1.87 bits per heavy atom. The van der Waals surface area contributed by atoms with Gasteiger partial charge in [0.25, 0.3) is 0 Å². The number of thioether (sulfide) groups is 1. The fraction of sp³-hybridized carbons (Fsp3) is 0.200. The average molecular weight is 449 g/mol. The van der Waals surface area contributed by atoms with E-state index in [9.17, 15) is 17.6 Å². The molecule has 0 bridgehead atoms. The normalized spacial score (nSPS) is 11.5. The van der Waals surface area contributed by atoms with Gasteiger partial charge >= 0.3 is 0 Å². The van der Waals surface area contributed by atoms with E-state index in [-0.39, 0.29) is 27.2 Å². The standard InChI is InChI=1S/C20H21FN4O3S2/c1-12-5-4-6-16(13(12)2)23-17(26)11-25-19(22)18(20(24-25)29-3)30(27,28)15-9-7-14(21)8-10-15/h4-10H,11,22H2,1-3H3,(H,23,26). The van der Waals surface area contributed by atoms with Crippen molar-refractivity contribution in [2.75, 3.05) is 17.3 Å². The highest BCUT2D eigenvalue weighted by Gasteiger charge is 2.29. The number of aromatic nitrogens is 2. The van der Waals surface area contributed by atoms with E-state index in [0.717, 1.165) is 39.7 Å². The summed E-state index contributed by atoms with van der Waals surface area (Å²) in [5.41, 5.74) is 8.71. The van der Waals surface area contributed by atoms with Crippen molar-refractivity contribution in [2.45, 2.75) is 35.2 Å².